The summed E-state index contributed by atoms with van der Waals surface area (Å²) in [6, 6.07) is 27.2. The van der Waals surface area contributed by atoms with E-state index in [0.29, 0.717) is 30.1 Å². The van der Waals surface area contributed by atoms with Gasteiger partial charge in [-0.1, -0.05) is 87.9 Å². The van der Waals surface area contributed by atoms with Crippen molar-refractivity contribution in [1.29, 1.82) is 5.26 Å². The molecule has 0 bridgehead atoms. The Labute approximate surface area is 218 Å². The number of benzene rings is 3. The Bertz CT molecular complexity index is 1300. The van der Waals surface area contributed by atoms with Crippen LogP contribution in [0.15, 0.2) is 93.9 Å². The maximum Gasteiger partial charge on any atom is 0.264 e. The highest BCUT2D eigenvalue weighted by Gasteiger charge is 2.40. The summed E-state index contributed by atoms with van der Waals surface area (Å²) >= 11 is 4.76. The molecule has 5 nitrogen and oxygen atoms in total. The number of carbonyl (C=O) groups is 2. The van der Waals surface area contributed by atoms with Crippen molar-refractivity contribution in [2.24, 2.45) is 0 Å². The van der Waals surface area contributed by atoms with Gasteiger partial charge in [-0.3, -0.25) is 14.5 Å². The summed E-state index contributed by atoms with van der Waals surface area (Å²) in [5.41, 5.74) is 3.75. The molecule has 1 aliphatic rings. The van der Waals surface area contributed by atoms with Crippen LogP contribution in [0.5, 0.6) is 0 Å². The summed E-state index contributed by atoms with van der Waals surface area (Å²) in [5, 5.41) is 12.7. The highest BCUT2D eigenvalue weighted by Crippen LogP contribution is 2.42. The minimum absolute atomic E-state index is 0.0475. The van der Waals surface area contributed by atoms with Crippen molar-refractivity contribution in [2.45, 2.75) is 25.0 Å². The Morgan fingerprint density at radius 2 is 1.77 bits per heavy atom. The highest BCUT2D eigenvalue weighted by atomic mass is 79.9. The van der Waals surface area contributed by atoms with Gasteiger partial charge in [-0.2, -0.15) is 5.26 Å². The molecule has 1 aliphatic heterocycles. The largest absolute Gasteiger partial charge is 0.351 e. The van der Waals surface area contributed by atoms with E-state index in [2.05, 4.69) is 27.3 Å². The Hall–Kier alpha value is -3.34. The SMILES string of the molecule is Cc1ccc(N2C(=O)[C@@H](Cc3cccc(Br)c3)S/C2=C(\C#N)C(=O)NCCc2ccccc2)cc1. The molecule has 1 fully saturated rings. The van der Waals surface area contributed by atoms with Crippen molar-refractivity contribution < 1.29 is 9.59 Å². The van der Waals surface area contributed by atoms with Crippen LogP contribution in [0.4, 0.5) is 5.69 Å². The predicted octanol–water partition coefficient (Wildman–Crippen LogP) is 5.54. The molecule has 1 atom stereocenters. The molecule has 0 aliphatic carbocycles. The molecule has 2 amide bonds. The molecule has 7 heteroatoms. The van der Waals surface area contributed by atoms with Crippen LogP contribution in [0, 0.1) is 18.3 Å². The topological polar surface area (TPSA) is 73.2 Å². The van der Waals surface area contributed by atoms with Gasteiger partial charge in [0.15, 0.2) is 0 Å². The van der Waals surface area contributed by atoms with E-state index in [4.69, 9.17) is 0 Å². The van der Waals surface area contributed by atoms with Crippen LogP contribution in [0.2, 0.25) is 0 Å². The second kappa shape index (κ2) is 11.4. The Morgan fingerprint density at radius 1 is 1.06 bits per heavy atom. The summed E-state index contributed by atoms with van der Waals surface area (Å²) in [7, 11) is 0. The number of amides is 2. The number of nitrogens with one attached hydrogen (secondary N) is 1. The van der Waals surface area contributed by atoms with Gasteiger partial charge in [0.25, 0.3) is 5.91 Å². The van der Waals surface area contributed by atoms with Gasteiger partial charge in [0.1, 0.15) is 16.7 Å². The van der Waals surface area contributed by atoms with Crippen LogP contribution < -0.4 is 10.2 Å². The Morgan fingerprint density at radius 3 is 2.46 bits per heavy atom. The third kappa shape index (κ3) is 6.02. The zero-order valence-electron chi connectivity index (χ0n) is 19.2. The van der Waals surface area contributed by atoms with Crippen LogP contribution in [0.1, 0.15) is 16.7 Å². The van der Waals surface area contributed by atoms with Gasteiger partial charge in [0.2, 0.25) is 5.91 Å². The van der Waals surface area contributed by atoms with Crippen molar-refractivity contribution >= 4 is 45.2 Å². The average Bonchev–Trinajstić information content (AvgIpc) is 3.16. The molecule has 3 aromatic carbocycles. The van der Waals surface area contributed by atoms with Crippen LogP contribution >= 0.6 is 27.7 Å². The van der Waals surface area contributed by atoms with Crippen molar-refractivity contribution in [3.63, 3.8) is 0 Å². The molecule has 1 N–H and O–H groups in total. The molecule has 0 saturated carbocycles. The third-order valence-electron chi connectivity index (χ3n) is 5.65. The van der Waals surface area contributed by atoms with Gasteiger partial charge in [0.05, 0.1) is 5.25 Å². The summed E-state index contributed by atoms with van der Waals surface area (Å²) in [4.78, 5) is 28.1. The first-order chi connectivity index (χ1) is 17.0. The molecule has 0 unspecified atom stereocenters. The number of nitrogens with zero attached hydrogens (tertiary/aromatic N) is 2. The van der Waals surface area contributed by atoms with Crippen LogP contribution in [0.25, 0.3) is 0 Å². The van der Waals surface area contributed by atoms with E-state index >= 15 is 0 Å². The predicted molar refractivity (Wildman–Crippen MR) is 144 cm³/mol. The van der Waals surface area contributed by atoms with Crippen molar-refractivity contribution in [3.05, 3.63) is 111 Å². The lowest BCUT2D eigenvalue weighted by Gasteiger charge is -2.19. The molecule has 0 aromatic heterocycles. The van der Waals surface area contributed by atoms with Gasteiger partial charge in [-0.25, -0.2) is 0 Å². The zero-order chi connectivity index (χ0) is 24.8. The standard InChI is InChI=1S/C28H24BrN3O2S/c1-19-10-12-23(13-11-19)32-27(34)25(17-21-8-5-9-22(29)16-21)35-28(32)24(18-30)26(33)31-15-14-20-6-3-2-4-7-20/h2-13,16,25H,14-15,17H2,1H3,(H,31,33)/b28-24+/t25-/m1/s1. The molecule has 1 saturated heterocycles. The van der Waals surface area contributed by atoms with Gasteiger partial charge in [-0.15, -0.1) is 0 Å². The maximum absolute atomic E-state index is 13.6. The Kier molecular flexibility index (Phi) is 8.06. The molecule has 176 valence electrons. The first kappa shape index (κ1) is 24.8. The maximum atomic E-state index is 13.6. The molecule has 35 heavy (non-hydrogen) atoms. The molecule has 0 spiro atoms. The van der Waals surface area contributed by atoms with E-state index < -0.39 is 11.2 Å². The third-order valence-corrected chi connectivity index (χ3v) is 7.41. The lowest BCUT2D eigenvalue weighted by atomic mass is 10.1. The molecule has 4 rings (SSSR count). The van der Waals surface area contributed by atoms with Gasteiger partial charge >= 0.3 is 0 Å². The number of hydrogen-bond donors (Lipinski definition) is 1. The smallest absolute Gasteiger partial charge is 0.264 e. The second-order valence-corrected chi connectivity index (χ2v) is 10.3. The number of halogens is 1. The molecule has 1 heterocycles. The first-order valence-electron chi connectivity index (χ1n) is 11.2. The number of carbonyl (C=O) groups excluding carboxylic acids is 2. The first-order valence-corrected chi connectivity index (χ1v) is 12.9. The second-order valence-electron chi connectivity index (χ2n) is 8.23. The van der Waals surface area contributed by atoms with Gasteiger partial charge in [-0.05, 0) is 55.2 Å². The minimum Gasteiger partial charge on any atom is -0.351 e. The van der Waals surface area contributed by atoms with E-state index in [-0.39, 0.29) is 11.5 Å². The fourth-order valence-corrected chi connectivity index (χ4v) is 5.60. The van der Waals surface area contributed by atoms with Crippen molar-refractivity contribution in [1.82, 2.24) is 5.32 Å². The molecule has 3 aromatic rings. The van der Waals surface area contributed by atoms with E-state index in [1.807, 2.05) is 85.8 Å². The fraction of sp³-hybridized carbons (Fsp3) is 0.179. The summed E-state index contributed by atoms with van der Waals surface area (Å²) < 4.78 is 0.937. The molecular weight excluding hydrogens is 522 g/mol. The average molecular weight is 546 g/mol. The van der Waals surface area contributed by atoms with Crippen LogP contribution in [-0.4, -0.2) is 23.6 Å². The number of hydrogen-bond acceptors (Lipinski definition) is 4. The monoisotopic (exact) mass is 545 g/mol. The van der Waals surface area contributed by atoms with E-state index in [0.717, 1.165) is 21.2 Å². The highest BCUT2D eigenvalue weighted by molar-refractivity contribution is 9.10. The molecule has 0 radical (unpaired) electrons. The normalized spacial score (nSPS) is 16.7. The summed E-state index contributed by atoms with van der Waals surface area (Å²) in [5.74, 6) is -0.613. The van der Waals surface area contributed by atoms with E-state index in [1.54, 1.807) is 0 Å². The number of rotatable bonds is 7. The van der Waals surface area contributed by atoms with E-state index in [1.165, 1.54) is 16.7 Å². The minimum atomic E-state index is -0.473. The van der Waals surface area contributed by atoms with Crippen LogP contribution in [0.3, 0.4) is 0 Å². The quantitative estimate of drug-likeness (QED) is 0.312. The van der Waals surface area contributed by atoms with Crippen molar-refractivity contribution in [2.75, 3.05) is 11.4 Å². The fourth-order valence-electron chi connectivity index (χ4n) is 3.85. The lowest BCUT2D eigenvalue weighted by Crippen LogP contribution is -2.32. The number of nitriles is 1. The van der Waals surface area contributed by atoms with Crippen LogP contribution in [-0.2, 0) is 22.4 Å². The summed E-state index contributed by atoms with van der Waals surface area (Å²) in [6.07, 6.45) is 1.14. The van der Waals surface area contributed by atoms with Crippen molar-refractivity contribution in [3.8, 4) is 6.07 Å². The lowest BCUT2D eigenvalue weighted by molar-refractivity contribution is -0.117. The van der Waals surface area contributed by atoms with Gasteiger partial charge in [0, 0.05) is 16.7 Å². The van der Waals surface area contributed by atoms with E-state index in [9.17, 15) is 14.9 Å². The summed E-state index contributed by atoms with van der Waals surface area (Å²) in [6.45, 7) is 2.37. The number of aryl methyl sites for hydroxylation is 1. The Balaban J connectivity index is 1.62. The number of anilines is 1. The molecular formula is C28H24BrN3O2S. The number of thioether (sulfide) groups is 1. The zero-order valence-corrected chi connectivity index (χ0v) is 21.6. The van der Waals surface area contributed by atoms with Gasteiger partial charge < -0.3 is 5.32 Å².